The van der Waals surface area contributed by atoms with Crippen molar-refractivity contribution in [3.8, 4) is 0 Å². The number of piperidine rings is 1. The minimum atomic E-state index is -0.378. The van der Waals surface area contributed by atoms with Crippen LogP contribution in [0.15, 0.2) is 11.6 Å². The van der Waals surface area contributed by atoms with Crippen molar-refractivity contribution in [1.82, 2.24) is 15.6 Å². The van der Waals surface area contributed by atoms with Crippen LogP contribution in [0.1, 0.15) is 17.8 Å². The van der Waals surface area contributed by atoms with Gasteiger partial charge in [0.1, 0.15) is 5.01 Å². The van der Waals surface area contributed by atoms with E-state index in [4.69, 9.17) is 4.74 Å². The van der Waals surface area contributed by atoms with E-state index in [2.05, 4.69) is 15.6 Å². The van der Waals surface area contributed by atoms with E-state index in [1.54, 1.807) is 24.6 Å². The normalized spacial score (nSPS) is 18.5. The fraction of sp³-hybridized carbons (Fsp3) is 0.667. The number of hydrogen-bond donors (Lipinski definition) is 2. The molecule has 1 saturated heterocycles. The van der Waals surface area contributed by atoms with Gasteiger partial charge in [0.2, 0.25) is 5.91 Å². The summed E-state index contributed by atoms with van der Waals surface area (Å²) in [6.07, 6.45) is 3.40. The quantitative estimate of drug-likeness (QED) is 0.829. The highest BCUT2D eigenvalue weighted by Crippen LogP contribution is 2.29. The maximum atomic E-state index is 12.4. The van der Waals surface area contributed by atoms with Gasteiger partial charge in [-0.05, 0) is 25.9 Å². The van der Waals surface area contributed by atoms with Crippen LogP contribution in [0.2, 0.25) is 0 Å². The van der Waals surface area contributed by atoms with Gasteiger partial charge in [-0.2, -0.15) is 0 Å². The van der Waals surface area contributed by atoms with E-state index in [0.717, 1.165) is 30.9 Å². The number of ether oxygens (including phenoxy) is 1. The third kappa shape index (κ3) is 3.07. The molecule has 2 N–H and O–H groups in total. The van der Waals surface area contributed by atoms with E-state index in [9.17, 15) is 4.79 Å². The number of carbonyl (C=O) groups excluding carboxylic acids is 1. The second-order valence-corrected chi connectivity index (χ2v) is 5.55. The molecule has 1 fully saturated rings. The monoisotopic (exact) mass is 269 g/mol. The van der Waals surface area contributed by atoms with Crippen molar-refractivity contribution < 1.29 is 9.53 Å². The van der Waals surface area contributed by atoms with Crippen molar-refractivity contribution >= 4 is 17.2 Å². The zero-order chi connectivity index (χ0) is 12.8. The first-order chi connectivity index (χ1) is 8.77. The van der Waals surface area contributed by atoms with Crippen molar-refractivity contribution in [2.24, 2.45) is 5.41 Å². The Morgan fingerprint density at radius 2 is 2.39 bits per heavy atom. The predicted octanol–water partition coefficient (Wildman–Crippen LogP) is 0.775. The number of carbonyl (C=O) groups is 1. The maximum Gasteiger partial charge on any atom is 0.228 e. The highest BCUT2D eigenvalue weighted by atomic mass is 32.1. The van der Waals surface area contributed by atoms with Crippen LogP contribution in [-0.2, 0) is 16.1 Å². The third-order valence-corrected chi connectivity index (χ3v) is 4.13. The first kappa shape index (κ1) is 13.5. The van der Waals surface area contributed by atoms with Crippen molar-refractivity contribution in [2.75, 3.05) is 26.8 Å². The Balaban J connectivity index is 1.95. The Morgan fingerprint density at radius 1 is 1.61 bits per heavy atom. The summed E-state index contributed by atoms with van der Waals surface area (Å²) < 4.78 is 5.24. The Labute approximate surface area is 111 Å². The molecule has 2 heterocycles. The molecule has 1 amide bonds. The average molecular weight is 269 g/mol. The first-order valence-corrected chi connectivity index (χ1v) is 7.01. The fourth-order valence-corrected chi connectivity index (χ4v) is 2.86. The van der Waals surface area contributed by atoms with Crippen LogP contribution < -0.4 is 10.6 Å². The molecular weight excluding hydrogens is 250 g/mol. The zero-order valence-electron chi connectivity index (χ0n) is 10.6. The molecule has 1 aromatic rings. The summed E-state index contributed by atoms with van der Waals surface area (Å²) in [4.78, 5) is 16.5. The van der Waals surface area contributed by atoms with Gasteiger partial charge >= 0.3 is 0 Å². The van der Waals surface area contributed by atoms with Crippen molar-refractivity contribution in [3.05, 3.63) is 16.6 Å². The van der Waals surface area contributed by atoms with Gasteiger partial charge in [0.25, 0.3) is 0 Å². The molecule has 0 unspecified atom stereocenters. The molecule has 18 heavy (non-hydrogen) atoms. The lowest BCUT2D eigenvalue weighted by Gasteiger charge is -2.35. The number of rotatable bonds is 5. The van der Waals surface area contributed by atoms with Crippen LogP contribution in [0.4, 0.5) is 0 Å². The van der Waals surface area contributed by atoms with Crippen LogP contribution in [-0.4, -0.2) is 37.7 Å². The van der Waals surface area contributed by atoms with E-state index < -0.39 is 0 Å². The van der Waals surface area contributed by atoms with Gasteiger partial charge in [0.05, 0.1) is 18.6 Å². The SMILES string of the molecule is COCC1(C(=O)NCc2nccs2)CCNCC1. The minimum absolute atomic E-state index is 0.0843. The number of methoxy groups -OCH3 is 1. The summed E-state index contributed by atoms with van der Waals surface area (Å²) in [5.74, 6) is 0.0843. The van der Waals surface area contributed by atoms with Gasteiger partial charge in [-0.1, -0.05) is 0 Å². The van der Waals surface area contributed by atoms with E-state index in [0.29, 0.717) is 13.2 Å². The molecule has 0 aromatic carbocycles. The maximum absolute atomic E-state index is 12.4. The smallest absolute Gasteiger partial charge is 0.228 e. The van der Waals surface area contributed by atoms with Crippen molar-refractivity contribution in [3.63, 3.8) is 0 Å². The standard InChI is InChI=1S/C12H19N3O2S/c1-17-9-12(2-4-13-5-3-12)11(16)15-8-10-14-6-7-18-10/h6-7,13H,2-5,8-9H2,1H3,(H,15,16). The molecule has 1 aliphatic heterocycles. The van der Waals surface area contributed by atoms with Gasteiger partial charge in [-0.15, -0.1) is 11.3 Å². The van der Waals surface area contributed by atoms with Crippen molar-refractivity contribution in [2.45, 2.75) is 19.4 Å². The van der Waals surface area contributed by atoms with Crippen molar-refractivity contribution in [1.29, 1.82) is 0 Å². The average Bonchev–Trinajstić information content (AvgIpc) is 2.90. The topological polar surface area (TPSA) is 63.2 Å². The third-order valence-electron chi connectivity index (χ3n) is 3.35. The van der Waals surface area contributed by atoms with Crippen LogP contribution in [0.3, 0.4) is 0 Å². The van der Waals surface area contributed by atoms with Crippen LogP contribution >= 0.6 is 11.3 Å². The van der Waals surface area contributed by atoms with Gasteiger partial charge < -0.3 is 15.4 Å². The molecule has 0 saturated carbocycles. The molecule has 0 atom stereocenters. The van der Waals surface area contributed by atoms with E-state index >= 15 is 0 Å². The molecule has 0 aliphatic carbocycles. The van der Waals surface area contributed by atoms with Gasteiger partial charge in [-0.3, -0.25) is 4.79 Å². The number of amides is 1. The summed E-state index contributed by atoms with van der Waals surface area (Å²) >= 11 is 1.55. The summed E-state index contributed by atoms with van der Waals surface area (Å²) in [7, 11) is 1.65. The van der Waals surface area contributed by atoms with E-state index in [-0.39, 0.29) is 11.3 Å². The van der Waals surface area contributed by atoms with Crippen LogP contribution in [0.25, 0.3) is 0 Å². The largest absolute Gasteiger partial charge is 0.384 e. The number of nitrogens with zero attached hydrogens (tertiary/aromatic N) is 1. The highest BCUT2D eigenvalue weighted by molar-refractivity contribution is 7.09. The molecule has 100 valence electrons. The molecule has 0 bridgehead atoms. The lowest BCUT2D eigenvalue weighted by molar-refractivity contribution is -0.136. The summed E-state index contributed by atoms with van der Waals surface area (Å²) in [5, 5.41) is 9.11. The molecule has 1 aromatic heterocycles. The second-order valence-electron chi connectivity index (χ2n) is 4.57. The van der Waals surface area contributed by atoms with E-state index in [1.165, 1.54) is 0 Å². The number of aromatic nitrogens is 1. The second kappa shape index (κ2) is 6.26. The number of nitrogens with one attached hydrogen (secondary N) is 2. The number of thiazole rings is 1. The number of hydrogen-bond acceptors (Lipinski definition) is 5. The lowest BCUT2D eigenvalue weighted by Crippen LogP contribution is -2.49. The highest BCUT2D eigenvalue weighted by Gasteiger charge is 2.39. The van der Waals surface area contributed by atoms with E-state index in [1.807, 2.05) is 5.38 Å². The molecule has 0 radical (unpaired) electrons. The van der Waals surface area contributed by atoms with Crippen LogP contribution in [0, 0.1) is 5.41 Å². The minimum Gasteiger partial charge on any atom is -0.384 e. The van der Waals surface area contributed by atoms with Crippen LogP contribution in [0.5, 0.6) is 0 Å². The molecule has 0 spiro atoms. The molecule has 5 nitrogen and oxygen atoms in total. The Kier molecular flexibility index (Phi) is 4.68. The summed E-state index contributed by atoms with van der Waals surface area (Å²) in [6.45, 7) is 2.73. The Hall–Kier alpha value is -0.980. The molecule has 2 rings (SSSR count). The Morgan fingerprint density at radius 3 is 3.00 bits per heavy atom. The first-order valence-electron chi connectivity index (χ1n) is 6.13. The molecule has 6 heteroatoms. The van der Waals surface area contributed by atoms with Gasteiger partial charge in [0, 0.05) is 18.7 Å². The molecule has 1 aliphatic rings. The lowest BCUT2D eigenvalue weighted by atomic mass is 9.78. The zero-order valence-corrected chi connectivity index (χ0v) is 11.4. The fourth-order valence-electron chi connectivity index (χ4n) is 2.30. The van der Waals surface area contributed by atoms with Gasteiger partial charge in [-0.25, -0.2) is 4.98 Å². The summed E-state index contributed by atoms with van der Waals surface area (Å²) in [6, 6.07) is 0. The summed E-state index contributed by atoms with van der Waals surface area (Å²) in [5.41, 5.74) is -0.378. The molecular formula is C12H19N3O2S. The predicted molar refractivity (Wildman–Crippen MR) is 70.4 cm³/mol. The van der Waals surface area contributed by atoms with Gasteiger partial charge in [0.15, 0.2) is 0 Å². The Bertz CT molecular complexity index is 369.